The molecule has 0 radical (unpaired) electrons. The monoisotopic (exact) mass is 350 g/mol. The zero-order chi connectivity index (χ0) is 17.2. The number of benzene rings is 2. The predicted octanol–water partition coefficient (Wildman–Crippen LogP) is 1.85. The number of hydrogen-bond donors (Lipinski definition) is 1. The summed E-state index contributed by atoms with van der Waals surface area (Å²) in [6, 6.07) is 12.4. The number of fused-ring (bicyclic) bond motifs is 1. The second-order valence-corrected chi connectivity index (χ2v) is 7.18. The van der Waals surface area contributed by atoms with E-state index in [1.807, 2.05) is 0 Å². The lowest BCUT2D eigenvalue weighted by Gasteiger charge is -2.07. The Labute approximate surface area is 137 Å². The van der Waals surface area contributed by atoms with E-state index in [-0.39, 0.29) is 24.7 Å². The van der Waals surface area contributed by atoms with Gasteiger partial charge in [0.2, 0.25) is 10.0 Å². The molecule has 0 aliphatic carbocycles. The number of rotatable bonds is 6. The highest BCUT2D eigenvalue weighted by Crippen LogP contribution is 2.11. The largest absolute Gasteiger partial charge is 0.419 e. The van der Waals surface area contributed by atoms with Crippen molar-refractivity contribution in [1.29, 1.82) is 0 Å². The summed E-state index contributed by atoms with van der Waals surface area (Å²) in [4.78, 5) is 11.8. The van der Waals surface area contributed by atoms with Crippen LogP contribution in [0.2, 0.25) is 0 Å². The number of aryl methyl sites for hydroxylation is 1. The normalized spacial score (nSPS) is 11.9. The maximum absolute atomic E-state index is 12.8. The molecule has 126 valence electrons. The topological polar surface area (TPSA) is 81.3 Å². The molecule has 0 saturated heterocycles. The summed E-state index contributed by atoms with van der Waals surface area (Å²) in [7, 11) is -3.60. The van der Waals surface area contributed by atoms with Crippen LogP contribution >= 0.6 is 0 Å². The third kappa shape index (κ3) is 3.72. The van der Waals surface area contributed by atoms with Crippen LogP contribution in [0.15, 0.2) is 57.7 Å². The molecule has 3 rings (SSSR count). The summed E-state index contributed by atoms with van der Waals surface area (Å²) in [5.74, 6) is -1.24. The van der Waals surface area contributed by atoms with E-state index < -0.39 is 15.8 Å². The van der Waals surface area contributed by atoms with Crippen molar-refractivity contribution in [2.45, 2.75) is 13.1 Å². The third-order valence-electron chi connectivity index (χ3n) is 3.57. The number of oxazole rings is 1. The molecule has 1 heterocycles. The highest BCUT2D eigenvalue weighted by atomic mass is 32.2. The Morgan fingerprint density at radius 3 is 2.54 bits per heavy atom. The van der Waals surface area contributed by atoms with Crippen molar-refractivity contribution in [3.63, 3.8) is 0 Å². The smallest absolute Gasteiger partial charge is 0.408 e. The molecule has 0 aliphatic rings. The zero-order valence-electron chi connectivity index (χ0n) is 12.6. The van der Waals surface area contributed by atoms with E-state index in [2.05, 4.69) is 4.72 Å². The molecule has 1 N–H and O–H groups in total. The van der Waals surface area contributed by atoms with Crippen LogP contribution in [0, 0.1) is 5.82 Å². The van der Waals surface area contributed by atoms with Crippen molar-refractivity contribution in [3.05, 3.63) is 70.5 Å². The summed E-state index contributed by atoms with van der Waals surface area (Å²) in [6.45, 7) is 0.0399. The van der Waals surface area contributed by atoms with Gasteiger partial charge in [-0.3, -0.25) is 4.57 Å². The van der Waals surface area contributed by atoms with E-state index in [0.29, 0.717) is 16.7 Å². The Kier molecular flexibility index (Phi) is 4.50. The van der Waals surface area contributed by atoms with Crippen LogP contribution in [0.3, 0.4) is 0 Å². The first-order chi connectivity index (χ1) is 11.4. The summed E-state index contributed by atoms with van der Waals surface area (Å²) in [5, 5.41) is 0. The third-order valence-corrected chi connectivity index (χ3v) is 4.87. The fraction of sp³-hybridized carbons (Fsp3) is 0.188. The minimum atomic E-state index is -3.60. The molecule has 0 unspecified atom stereocenters. The van der Waals surface area contributed by atoms with Crippen LogP contribution in [-0.4, -0.2) is 18.7 Å². The molecule has 0 fully saturated rings. The van der Waals surface area contributed by atoms with E-state index >= 15 is 0 Å². The minimum absolute atomic E-state index is 0.0192. The van der Waals surface area contributed by atoms with Crippen LogP contribution < -0.4 is 10.5 Å². The Morgan fingerprint density at radius 1 is 1.08 bits per heavy atom. The molecule has 6 nitrogen and oxygen atoms in total. The second kappa shape index (κ2) is 6.58. The molecule has 0 atom stereocenters. The Hall–Kier alpha value is -2.45. The van der Waals surface area contributed by atoms with Gasteiger partial charge in [-0.15, -0.1) is 0 Å². The second-order valence-electron chi connectivity index (χ2n) is 5.25. The van der Waals surface area contributed by atoms with Gasteiger partial charge in [-0.05, 0) is 29.8 Å². The quantitative estimate of drug-likeness (QED) is 0.736. The highest BCUT2D eigenvalue weighted by Gasteiger charge is 2.14. The summed E-state index contributed by atoms with van der Waals surface area (Å²) < 4.78 is 45.8. The van der Waals surface area contributed by atoms with Gasteiger partial charge in [0.05, 0.1) is 11.3 Å². The van der Waals surface area contributed by atoms with Gasteiger partial charge in [0, 0.05) is 13.1 Å². The first-order valence-electron chi connectivity index (χ1n) is 7.25. The van der Waals surface area contributed by atoms with E-state index in [1.54, 1.807) is 24.3 Å². The van der Waals surface area contributed by atoms with Gasteiger partial charge < -0.3 is 4.42 Å². The summed E-state index contributed by atoms with van der Waals surface area (Å²) in [6.07, 6.45) is 0. The van der Waals surface area contributed by atoms with Crippen LogP contribution in [0.4, 0.5) is 4.39 Å². The molecule has 0 saturated carbocycles. The van der Waals surface area contributed by atoms with Gasteiger partial charge in [-0.2, -0.15) is 0 Å². The van der Waals surface area contributed by atoms with Gasteiger partial charge in [-0.1, -0.05) is 24.3 Å². The Morgan fingerprint density at radius 2 is 1.79 bits per heavy atom. The van der Waals surface area contributed by atoms with E-state index in [0.717, 1.165) is 0 Å². The number of para-hydroxylation sites is 2. The van der Waals surface area contributed by atoms with E-state index in [9.17, 15) is 17.6 Å². The highest BCUT2D eigenvalue weighted by molar-refractivity contribution is 7.89. The lowest BCUT2D eigenvalue weighted by atomic mass is 10.2. The SMILES string of the molecule is O=c1oc2ccccc2n1CCS(=O)(=O)NCc1ccc(F)cc1. The Bertz CT molecular complexity index is 1010. The van der Waals surface area contributed by atoms with Crippen molar-refractivity contribution in [2.24, 2.45) is 0 Å². The number of sulfonamides is 1. The van der Waals surface area contributed by atoms with Gasteiger partial charge in [0.1, 0.15) is 5.82 Å². The van der Waals surface area contributed by atoms with Crippen molar-refractivity contribution >= 4 is 21.1 Å². The molecule has 0 bridgehead atoms. The molecular formula is C16H15FN2O4S. The maximum atomic E-state index is 12.8. The van der Waals surface area contributed by atoms with Crippen molar-refractivity contribution in [3.8, 4) is 0 Å². The average Bonchev–Trinajstić information content (AvgIpc) is 2.88. The fourth-order valence-corrected chi connectivity index (χ4v) is 3.26. The summed E-state index contributed by atoms with van der Waals surface area (Å²) in [5.41, 5.74) is 1.61. The van der Waals surface area contributed by atoms with Crippen molar-refractivity contribution in [2.75, 3.05) is 5.75 Å². The van der Waals surface area contributed by atoms with Crippen LogP contribution in [0.1, 0.15) is 5.56 Å². The minimum Gasteiger partial charge on any atom is -0.408 e. The van der Waals surface area contributed by atoms with Gasteiger partial charge in [0.25, 0.3) is 0 Å². The number of hydrogen-bond acceptors (Lipinski definition) is 4. The van der Waals surface area contributed by atoms with Crippen LogP contribution in [0.5, 0.6) is 0 Å². The number of nitrogens with one attached hydrogen (secondary N) is 1. The lowest BCUT2D eigenvalue weighted by Crippen LogP contribution is -2.29. The van der Waals surface area contributed by atoms with Gasteiger partial charge in [-0.25, -0.2) is 22.3 Å². The van der Waals surface area contributed by atoms with Gasteiger partial charge >= 0.3 is 5.76 Å². The molecule has 24 heavy (non-hydrogen) atoms. The molecule has 3 aromatic rings. The maximum Gasteiger partial charge on any atom is 0.419 e. The predicted molar refractivity (Wildman–Crippen MR) is 87.5 cm³/mol. The number of nitrogens with zero attached hydrogens (tertiary/aromatic N) is 1. The standard InChI is InChI=1S/C16H15FN2O4S/c17-13-7-5-12(6-8-13)11-18-24(21,22)10-9-19-14-3-1-2-4-15(14)23-16(19)20/h1-8,18H,9-11H2. The van der Waals surface area contributed by atoms with E-state index in [1.165, 1.54) is 28.8 Å². The lowest BCUT2D eigenvalue weighted by molar-refractivity contribution is 0.510. The zero-order valence-corrected chi connectivity index (χ0v) is 13.4. The average molecular weight is 350 g/mol. The first-order valence-corrected chi connectivity index (χ1v) is 8.90. The molecule has 2 aromatic carbocycles. The van der Waals surface area contributed by atoms with Crippen LogP contribution in [0.25, 0.3) is 11.1 Å². The fourth-order valence-electron chi connectivity index (χ4n) is 2.30. The number of aromatic nitrogens is 1. The molecular weight excluding hydrogens is 335 g/mol. The Balaban J connectivity index is 1.67. The molecule has 0 amide bonds. The van der Waals surface area contributed by atoms with Crippen molar-refractivity contribution in [1.82, 2.24) is 9.29 Å². The molecule has 1 aromatic heterocycles. The molecule has 0 spiro atoms. The van der Waals surface area contributed by atoms with E-state index in [4.69, 9.17) is 4.42 Å². The number of halogens is 1. The van der Waals surface area contributed by atoms with Crippen LogP contribution in [-0.2, 0) is 23.1 Å². The van der Waals surface area contributed by atoms with Gasteiger partial charge in [0.15, 0.2) is 5.58 Å². The molecule has 8 heteroatoms. The first kappa shape index (κ1) is 16.4. The molecule has 0 aliphatic heterocycles. The summed E-state index contributed by atoms with van der Waals surface area (Å²) >= 11 is 0. The van der Waals surface area contributed by atoms with Crippen molar-refractivity contribution < 1.29 is 17.2 Å².